The standard InChI is InChI=1S/C21H31NO2/c1-19-8-5-15(23)13-14(19)3-4-16-17(19)6-9-20(2)18(16)7-10-21(20,24)11-12-22/h3,15-18,23-24H,4-11,13H2,1-2H3/t15?,16?,17?,18?,19-,20-,21+/m1/s1. The highest BCUT2D eigenvalue weighted by molar-refractivity contribution is 5.26. The first-order valence-corrected chi connectivity index (χ1v) is 9.81. The van der Waals surface area contributed by atoms with E-state index < -0.39 is 5.60 Å². The molecular formula is C21H31NO2. The third kappa shape index (κ3) is 2.02. The Hall–Kier alpha value is -0.850. The van der Waals surface area contributed by atoms with Crippen LogP contribution in [0.3, 0.4) is 0 Å². The highest BCUT2D eigenvalue weighted by Crippen LogP contribution is 2.67. The van der Waals surface area contributed by atoms with Gasteiger partial charge in [-0.15, -0.1) is 0 Å². The van der Waals surface area contributed by atoms with Crippen LogP contribution in [0.5, 0.6) is 0 Å². The second kappa shape index (κ2) is 5.32. The maximum Gasteiger partial charge on any atom is 0.0833 e. The molecule has 3 nitrogen and oxygen atoms in total. The molecule has 4 rings (SSSR count). The fraction of sp³-hybridized carbons (Fsp3) is 0.857. The van der Waals surface area contributed by atoms with Crippen molar-refractivity contribution in [2.45, 2.75) is 83.3 Å². The molecule has 4 aliphatic carbocycles. The number of hydrogen-bond acceptors (Lipinski definition) is 3. The Morgan fingerprint density at radius 3 is 2.67 bits per heavy atom. The van der Waals surface area contributed by atoms with Crippen LogP contribution in [-0.2, 0) is 0 Å². The summed E-state index contributed by atoms with van der Waals surface area (Å²) in [5.41, 5.74) is 0.862. The van der Waals surface area contributed by atoms with Crippen LogP contribution < -0.4 is 0 Å². The highest BCUT2D eigenvalue weighted by Gasteiger charge is 2.63. The fourth-order valence-corrected chi connectivity index (χ4v) is 7.17. The molecule has 2 N–H and O–H groups in total. The predicted octanol–water partition coefficient (Wildman–Crippen LogP) is 3.95. The third-order valence-electron chi connectivity index (χ3n) is 8.77. The van der Waals surface area contributed by atoms with Gasteiger partial charge in [0, 0.05) is 5.41 Å². The summed E-state index contributed by atoms with van der Waals surface area (Å²) >= 11 is 0. The van der Waals surface area contributed by atoms with Gasteiger partial charge in [0.05, 0.1) is 24.2 Å². The number of nitrogens with zero attached hydrogens (tertiary/aromatic N) is 1. The first-order valence-electron chi connectivity index (χ1n) is 9.81. The average Bonchev–Trinajstić information content (AvgIpc) is 2.80. The largest absolute Gasteiger partial charge is 0.393 e. The summed E-state index contributed by atoms with van der Waals surface area (Å²) in [5.74, 6) is 1.86. The van der Waals surface area contributed by atoms with Crippen molar-refractivity contribution in [3.8, 4) is 6.07 Å². The Kier molecular flexibility index (Phi) is 3.68. The van der Waals surface area contributed by atoms with Crippen molar-refractivity contribution >= 4 is 0 Å². The number of hydrogen-bond donors (Lipinski definition) is 2. The molecule has 0 spiro atoms. The van der Waals surface area contributed by atoms with E-state index in [1.54, 1.807) is 0 Å². The molecule has 0 bridgehead atoms. The molecule has 24 heavy (non-hydrogen) atoms. The van der Waals surface area contributed by atoms with E-state index in [1.165, 1.54) is 5.57 Å². The summed E-state index contributed by atoms with van der Waals surface area (Å²) in [6.45, 7) is 4.69. The monoisotopic (exact) mass is 329 g/mol. The van der Waals surface area contributed by atoms with Crippen LogP contribution in [0.2, 0.25) is 0 Å². The van der Waals surface area contributed by atoms with Crippen LogP contribution >= 0.6 is 0 Å². The number of allylic oxidation sites excluding steroid dienone is 1. The van der Waals surface area contributed by atoms with Gasteiger partial charge < -0.3 is 10.2 Å². The molecule has 0 radical (unpaired) electrons. The zero-order valence-corrected chi connectivity index (χ0v) is 15.1. The summed E-state index contributed by atoms with van der Waals surface area (Å²) in [5, 5.41) is 30.5. The summed E-state index contributed by atoms with van der Waals surface area (Å²) in [6.07, 6.45) is 10.6. The molecule has 4 unspecified atom stereocenters. The molecule has 0 heterocycles. The molecule has 0 amide bonds. The number of rotatable bonds is 1. The molecule has 132 valence electrons. The zero-order chi connectivity index (χ0) is 17.2. The number of nitriles is 1. The van der Waals surface area contributed by atoms with Crippen LogP contribution in [0.4, 0.5) is 0 Å². The fourth-order valence-electron chi connectivity index (χ4n) is 7.17. The molecule has 3 fully saturated rings. The third-order valence-corrected chi connectivity index (χ3v) is 8.77. The van der Waals surface area contributed by atoms with E-state index in [1.807, 2.05) is 0 Å². The maximum absolute atomic E-state index is 11.2. The molecule has 3 saturated carbocycles. The minimum Gasteiger partial charge on any atom is -0.393 e. The summed E-state index contributed by atoms with van der Waals surface area (Å²) < 4.78 is 0. The Morgan fingerprint density at radius 1 is 1.17 bits per heavy atom. The Balaban J connectivity index is 1.67. The number of aliphatic hydroxyl groups is 2. The smallest absolute Gasteiger partial charge is 0.0833 e. The van der Waals surface area contributed by atoms with Gasteiger partial charge in [-0.25, -0.2) is 0 Å². The van der Waals surface area contributed by atoms with E-state index in [9.17, 15) is 15.5 Å². The van der Waals surface area contributed by atoms with Gasteiger partial charge in [-0.1, -0.05) is 25.5 Å². The Morgan fingerprint density at radius 2 is 1.92 bits per heavy atom. The lowest BCUT2D eigenvalue weighted by atomic mass is 9.47. The first-order chi connectivity index (χ1) is 11.3. The first kappa shape index (κ1) is 16.6. The lowest BCUT2D eigenvalue weighted by Gasteiger charge is -2.58. The van der Waals surface area contributed by atoms with E-state index in [0.717, 1.165) is 51.4 Å². The summed E-state index contributed by atoms with van der Waals surface area (Å²) in [6, 6.07) is 2.25. The van der Waals surface area contributed by atoms with E-state index in [2.05, 4.69) is 26.0 Å². The summed E-state index contributed by atoms with van der Waals surface area (Å²) in [7, 11) is 0. The summed E-state index contributed by atoms with van der Waals surface area (Å²) in [4.78, 5) is 0. The zero-order valence-electron chi connectivity index (χ0n) is 15.1. The second-order valence-electron chi connectivity index (χ2n) is 9.52. The van der Waals surface area contributed by atoms with Crippen molar-refractivity contribution in [1.29, 1.82) is 5.26 Å². The predicted molar refractivity (Wildman–Crippen MR) is 92.9 cm³/mol. The SMILES string of the molecule is C[C@@]12CCC(O)CC1=CCC1C2CC[C@]2(C)C1CC[C@]2(O)CC#N. The van der Waals surface area contributed by atoms with Crippen molar-refractivity contribution in [3.63, 3.8) is 0 Å². The van der Waals surface area contributed by atoms with Gasteiger partial charge in [0.15, 0.2) is 0 Å². The van der Waals surface area contributed by atoms with E-state index in [0.29, 0.717) is 17.8 Å². The van der Waals surface area contributed by atoms with Gasteiger partial charge >= 0.3 is 0 Å². The molecule has 3 heteroatoms. The van der Waals surface area contributed by atoms with Crippen molar-refractivity contribution < 1.29 is 10.2 Å². The lowest BCUT2D eigenvalue weighted by Crippen LogP contribution is -2.54. The van der Waals surface area contributed by atoms with Crippen LogP contribution in [-0.4, -0.2) is 21.9 Å². The van der Waals surface area contributed by atoms with Gasteiger partial charge in [-0.3, -0.25) is 0 Å². The molecule has 0 aliphatic heterocycles. The minimum absolute atomic E-state index is 0.0974. The van der Waals surface area contributed by atoms with Crippen molar-refractivity contribution in [1.82, 2.24) is 0 Å². The van der Waals surface area contributed by atoms with E-state index in [4.69, 9.17) is 0 Å². The van der Waals surface area contributed by atoms with Crippen molar-refractivity contribution in [3.05, 3.63) is 11.6 Å². The van der Waals surface area contributed by atoms with Gasteiger partial charge in [0.1, 0.15) is 0 Å². The second-order valence-corrected chi connectivity index (χ2v) is 9.52. The molecule has 0 aromatic heterocycles. The quantitative estimate of drug-likeness (QED) is 0.716. The normalized spacial score (nSPS) is 53.4. The molecule has 7 atom stereocenters. The maximum atomic E-state index is 11.2. The van der Waals surface area contributed by atoms with E-state index >= 15 is 0 Å². The van der Waals surface area contributed by atoms with Gasteiger partial charge in [-0.2, -0.15) is 5.26 Å². The van der Waals surface area contributed by atoms with Crippen LogP contribution in [0, 0.1) is 39.9 Å². The van der Waals surface area contributed by atoms with Crippen LogP contribution in [0.15, 0.2) is 11.6 Å². The van der Waals surface area contributed by atoms with Gasteiger partial charge in [0.2, 0.25) is 0 Å². The van der Waals surface area contributed by atoms with Gasteiger partial charge in [-0.05, 0) is 74.5 Å². The number of fused-ring (bicyclic) bond motifs is 5. The van der Waals surface area contributed by atoms with Gasteiger partial charge in [0.25, 0.3) is 0 Å². The molecule has 0 aromatic carbocycles. The minimum atomic E-state index is -0.787. The highest BCUT2D eigenvalue weighted by atomic mass is 16.3. The van der Waals surface area contributed by atoms with Crippen molar-refractivity contribution in [2.75, 3.05) is 0 Å². The Labute approximate surface area is 145 Å². The van der Waals surface area contributed by atoms with Crippen molar-refractivity contribution in [2.24, 2.45) is 28.6 Å². The molecule has 0 saturated heterocycles. The van der Waals surface area contributed by atoms with Crippen LogP contribution in [0.25, 0.3) is 0 Å². The Bertz CT molecular complexity index is 607. The molecular weight excluding hydrogens is 298 g/mol. The molecule has 4 aliphatic rings. The molecule has 0 aromatic rings. The van der Waals surface area contributed by atoms with E-state index in [-0.39, 0.29) is 23.4 Å². The van der Waals surface area contributed by atoms with Crippen LogP contribution in [0.1, 0.15) is 71.6 Å². The lowest BCUT2D eigenvalue weighted by molar-refractivity contribution is -0.122. The topological polar surface area (TPSA) is 64.2 Å². The average molecular weight is 329 g/mol. The number of aliphatic hydroxyl groups excluding tert-OH is 1.